The second-order valence-corrected chi connectivity index (χ2v) is 6.41. The molecule has 1 saturated heterocycles. The summed E-state index contributed by atoms with van der Waals surface area (Å²) >= 11 is 0. The highest BCUT2D eigenvalue weighted by Gasteiger charge is 2.12. The molecule has 0 bridgehead atoms. The Balaban J connectivity index is 1.99. The first-order valence-corrected chi connectivity index (χ1v) is 6.78. The molecule has 0 radical (unpaired) electrons. The number of hydrogen-bond acceptors (Lipinski definition) is 5. The summed E-state index contributed by atoms with van der Waals surface area (Å²) in [7, 11) is 1.44. The van der Waals surface area contributed by atoms with Crippen LogP contribution in [0.2, 0.25) is 0 Å². The minimum Gasteiger partial charge on any atom is -0.504 e. The number of nitrogens with zero attached hydrogens (tertiary/aromatic N) is 1. The molecule has 1 fully saturated rings. The Labute approximate surface area is 87.2 Å². The van der Waals surface area contributed by atoms with Crippen LogP contribution in [0, 0.1) is 0 Å². The van der Waals surface area contributed by atoms with Crippen LogP contribution >= 0.6 is 26.6 Å². The van der Waals surface area contributed by atoms with Crippen molar-refractivity contribution in [3.8, 4) is 11.5 Å². The summed E-state index contributed by atoms with van der Waals surface area (Å²) < 4.78 is 1.76. The van der Waals surface area contributed by atoms with Crippen LogP contribution in [0.5, 0.6) is 11.5 Å². The molecule has 2 rings (SSSR count). The van der Waals surface area contributed by atoms with Crippen molar-refractivity contribution in [2.75, 3.05) is 0 Å². The highest BCUT2D eigenvalue weighted by Crippen LogP contribution is 2.39. The second kappa shape index (κ2) is 5.18. The summed E-state index contributed by atoms with van der Waals surface area (Å²) in [5, 5.41) is 9.46. The summed E-state index contributed by atoms with van der Waals surface area (Å²) in [6.45, 7) is 0. The lowest BCUT2D eigenvalue weighted by Gasteiger charge is -2.26. The van der Waals surface area contributed by atoms with Gasteiger partial charge in [-0.3, -0.25) is 9.72 Å². The lowest BCUT2D eigenvalue weighted by molar-refractivity contribution is 0.140. The fourth-order valence-corrected chi connectivity index (χ4v) is 4.48. The largest absolute Gasteiger partial charge is 0.504 e. The van der Waals surface area contributed by atoms with Gasteiger partial charge in [0.25, 0.3) is 0 Å². The van der Waals surface area contributed by atoms with Gasteiger partial charge in [0.2, 0.25) is 0 Å². The van der Waals surface area contributed by atoms with Gasteiger partial charge in [-0.15, -0.1) is 0 Å². The molecule has 1 heterocycles. The zero-order valence-electron chi connectivity index (χ0n) is 7.11. The molecule has 0 aromatic heterocycles. The summed E-state index contributed by atoms with van der Waals surface area (Å²) in [5.41, 5.74) is 0. The minimum atomic E-state index is 0.162. The van der Waals surface area contributed by atoms with Gasteiger partial charge < -0.3 is 9.94 Å². The van der Waals surface area contributed by atoms with Crippen molar-refractivity contribution >= 4 is 26.6 Å². The van der Waals surface area contributed by atoms with E-state index < -0.39 is 0 Å². The van der Waals surface area contributed by atoms with Crippen LogP contribution in [-0.4, -0.2) is 9.71 Å². The van der Waals surface area contributed by atoms with E-state index >= 15 is 0 Å². The van der Waals surface area contributed by atoms with Gasteiger partial charge in [0, 0.05) is 8.88 Å². The van der Waals surface area contributed by atoms with E-state index in [0.717, 1.165) is 0 Å². The number of nitrogens with one attached hydrogen (secondary N) is 2. The van der Waals surface area contributed by atoms with Crippen molar-refractivity contribution in [1.82, 2.24) is 14.3 Å². The maximum Gasteiger partial charge on any atom is 0.189 e. The molecule has 5 nitrogen and oxygen atoms in total. The summed E-state index contributed by atoms with van der Waals surface area (Å²) in [6.07, 6.45) is 0. The fraction of sp³-hybridized carbons (Fsp3) is 0. The van der Waals surface area contributed by atoms with Gasteiger partial charge in [-0.05, 0) is 12.1 Å². The normalized spacial score (nSPS) is 23.1. The third-order valence-electron chi connectivity index (χ3n) is 1.49. The molecule has 0 amide bonds. The van der Waals surface area contributed by atoms with E-state index in [1.54, 1.807) is 22.8 Å². The quantitative estimate of drug-likeness (QED) is 0.696. The van der Waals surface area contributed by atoms with Crippen molar-refractivity contribution in [1.29, 1.82) is 0 Å². The van der Waals surface area contributed by atoms with E-state index in [4.69, 9.17) is 4.84 Å². The van der Waals surface area contributed by atoms with Crippen LogP contribution in [0.3, 0.4) is 0 Å². The third kappa shape index (κ3) is 2.74. The van der Waals surface area contributed by atoms with E-state index in [2.05, 4.69) is 9.72 Å². The van der Waals surface area contributed by atoms with Crippen molar-refractivity contribution in [2.24, 2.45) is 0 Å². The van der Waals surface area contributed by atoms with Gasteiger partial charge in [0.1, 0.15) is 0 Å². The first-order chi connectivity index (χ1) is 6.86. The van der Waals surface area contributed by atoms with Gasteiger partial charge in [0.05, 0.1) is 17.8 Å². The average molecular weight is 249 g/mol. The summed E-state index contributed by atoms with van der Waals surface area (Å²) in [6, 6.07) is 6.93. The Morgan fingerprint density at radius 2 is 1.93 bits per heavy atom. The SMILES string of the molecule is Oc1ccccc1ON1PNPNP1. The van der Waals surface area contributed by atoms with Gasteiger partial charge >= 0.3 is 0 Å². The molecule has 1 aromatic carbocycles. The van der Waals surface area contributed by atoms with Crippen LogP contribution in [0.25, 0.3) is 0 Å². The molecule has 3 N–H and O–H groups in total. The van der Waals surface area contributed by atoms with E-state index in [-0.39, 0.29) is 5.75 Å². The van der Waals surface area contributed by atoms with E-state index in [9.17, 15) is 5.11 Å². The van der Waals surface area contributed by atoms with Crippen molar-refractivity contribution in [2.45, 2.75) is 0 Å². The molecule has 0 saturated carbocycles. The molecule has 2 unspecified atom stereocenters. The van der Waals surface area contributed by atoms with Crippen LogP contribution in [0.15, 0.2) is 24.3 Å². The van der Waals surface area contributed by atoms with Gasteiger partial charge in [-0.1, -0.05) is 16.7 Å². The number of aromatic hydroxyl groups is 1. The molecule has 8 heteroatoms. The van der Waals surface area contributed by atoms with Crippen molar-refractivity contribution in [3.63, 3.8) is 0 Å². The van der Waals surface area contributed by atoms with E-state index in [1.807, 2.05) is 6.07 Å². The number of phenols is 1. The average Bonchev–Trinajstić information content (AvgIpc) is 2.23. The molecule has 14 heavy (non-hydrogen) atoms. The lowest BCUT2D eigenvalue weighted by atomic mass is 10.3. The topological polar surface area (TPSA) is 56.8 Å². The summed E-state index contributed by atoms with van der Waals surface area (Å²) in [5.74, 6) is 0.649. The number of para-hydroxylation sites is 2. The number of hydrogen-bond donors (Lipinski definition) is 3. The summed E-state index contributed by atoms with van der Waals surface area (Å²) in [4.78, 5) is 11.8. The Bertz CT molecular complexity index is 308. The van der Waals surface area contributed by atoms with Crippen molar-refractivity contribution in [3.05, 3.63) is 24.3 Å². The Morgan fingerprint density at radius 3 is 2.64 bits per heavy atom. The molecule has 1 aliphatic rings. The molecule has 2 atom stereocenters. The monoisotopic (exact) mass is 249 g/mol. The molecule has 1 aliphatic heterocycles. The first-order valence-electron chi connectivity index (χ1n) is 3.88. The first kappa shape index (κ1) is 10.5. The van der Waals surface area contributed by atoms with Crippen molar-refractivity contribution < 1.29 is 9.94 Å². The molecule has 76 valence electrons. The van der Waals surface area contributed by atoms with E-state index in [1.165, 1.54) is 0 Å². The fourth-order valence-electron chi connectivity index (χ4n) is 0.895. The van der Waals surface area contributed by atoms with Crippen LogP contribution in [-0.2, 0) is 0 Å². The van der Waals surface area contributed by atoms with Crippen LogP contribution < -0.4 is 14.6 Å². The minimum absolute atomic E-state index is 0.162. The van der Waals surface area contributed by atoms with Gasteiger partial charge in [-0.25, -0.2) is 0 Å². The van der Waals surface area contributed by atoms with Gasteiger partial charge in [0.15, 0.2) is 11.5 Å². The predicted molar refractivity (Wildman–Crippen MR) is 61.8 cm³/mol. The zero-order chi connectivity index (χ0) is 9.80. The Morgan fingerprint density at radius 1 is 1.21 bits per heavy atom. The number of phenolic OH excluding ortho intramolecular Hbond substituents is 1. The highest BCUT2D eigenvalue weighted by molar-refractivity contribution is 7.65. The third-order valence-corrected chi connectivity index (χ3v) is 4.65. The van der Waals surface area contributed by atoms with Crippen LogP contribution in [0.1, 0.15) is 0 Å². The maximum atomic E-state index is 9.46. The predicted octanol–water partition coefficient (Wildman–Crippen LogP) is 1.71. The standard InChI is InChI=1S/C6H10N3O2P3/c10-5-3-1-2-4-6(5)11-9-13-7-12-8-14-9/h1-4,7-8,10,12-14H. The molecular weight excluding hydrogens is 239 g/mol. The number of benzene rings is 1. The smallest absolute Gasteiger partial charge is 0.189 e. The maximum absolute atomic E-state index is 9.46. The number of rotatable bonds is 2. The van der Waals surface area contributed by atoms with E-state index in [0.29, 0.717) is 32.4 Å². The van der Waals surface area contributed by atoms with Gasteiger partial charge in [-0.2, -0.15) is 0 Å². The van der Waals surface area contributed by atoms with Crippen LogP contribution in [0.4, 0.5) is 0 Å². The zero-order valence-corrected chi connectivity index (χ0v) is 10.1. The Hall–Kier alpha value is -0.0100. The highest BCUT2D eigenvalue weighted by atomic mass is 31.2. The molecule has 0 aliphatic carbocycles. The second-order valence-electron chi connectivity index (χ2n) is 2.45. The molecular formula is C6H10N3O2P3. The lowest BCUT2D eigenvalue weighted by Crippen LogP contribution is -2.19. The Kier molecular flexibility index (Phi) is 3.89. The molecule has 1 aromatic rings. The molecule has 0 spiro atoms.